The highest BCUT2D eigenvalue weighted by Gasteiger charge is 2.35. The Kier molecular flexibility index (Phi) is 8.42. The molecule has 0 aliphatic carbocycles. The van der Waals surface area contributed by atoms with Crippen LogP contribution in [-0.2, 0) is 9.53 Å². The zero-order valence-corrected chi connectivity index (χ0v) is 26.6. The van der Waals surface area contributed by atoms with Gasteiger partial charge >= 0.3 is 11.9 Å². The molecule has 1 aliphatic heterocycles. The molecule has 0 spiro atoms. The van der Waals surface area contributed by atoms with Crippen LogP contribution < -0.4 is 14.9 Å². The molecule has 2 aromatic heterocycles. The van der Waals surface area contributed by atoms with E-state index in [9.17, 15) is 19.5 Å². The number of benzene rings is 3. The monoisotopic (exact) mass is 632 g/mol. The van der Waals surface area contributed by atoms with Gasteiger partial charge in [-0.2, -0.15) is 0 Å². The number of carbonyl (C=O) groups is 2. The highest BCUT2D eigenvalue weighted by Crippen LogP contribution is 2.36. The van der Waals surface area contributed by atoms with Crippen LogP contribution in [-0.4, -0.2) is 28.2 Å². The van der Waals surface area contributed by atoms with Gasteiger partial charge in [0.1, 0.15) is 11.5 Å². The van der Waals surface area contributed by atoms with E-state index >= 15 is 0 Å². The first-order chi connectivity index (χ1) is 22.2. The number of thiazole rings is 1. The summed E-state index contributed by atoms with van der Waals surface area (Å²) in [5.41, 5.74) is 4.49. The number of aromatic carboxylic acids is 1. The second-order valence-electron chi connectivity index (χ2n) is 11.2. The van der Waals surface area contributed by atoms with Gasteiger partial charge in [-0.15, -0.1) is 0 Å². The Morgan fingerprint density at radius 3 is 2.43 bits per heavy atom. The fraction of sp³-hybridized carbons (Fsp3) is 0.189. The minimum absolute atomic E-state index is 0.170. The molecule has 5 aromatic rings. The van der Waals surface area contributed by atoms with E-state index in [1.165, 1.54) is 11.3 Å². The van der Waals surface area contributed by atoms with Crippen LogP contribution in [0.15, 0.2) is 105 Å². The summed E-state index contributed by atoms with van der Waals surface area (Å²) in [5, 5.41) is 9.55. The Labute approximate surface area is 269 Å². The van der Waals surface area contributed by atoms with Gasteiger partial charge in [0.05, 0.1) is 34.0 Å². The minimum Gasteiger partial charge on any atom is -0.478 e. The summed E-state index contributed by atoms with van der Waals surface area (Å²) in [7, 11) is 0. The Hall–Kier alpha value is -5.28. The Balaban J connectivity index is 1.54. The number of carbonyl (C=O) groups excluding carboxylic acids is 1. The van der Waals surface area contributed by atoms with Gasteiger partial charge in [0, 0.05) is 17.2 Å². The Bertz CT molecular complexity index is 2170. The van der Waals surface area contributed by atoms with Gasteiger partial charge in [-0.1, -0.05) is 91.9 Å². The summed E-state index contributed by atoms with van der Waals surface area (Å²) in [5.74, 6) is -0.334. The number of aromatic nitrogens is 1. The van der Waals surface area contributed by atoms with Crippen molar-refractivity contribution < 1.29 is 23.8 Å². The first kappa shape index (κ1) is 30.7. The number of hydrogen-bond donors (Lipinski definition) is 1. The summed E-state index contributed by atoms with van der Waals surface area (Å²) in [6, 6.07) is 25.1. The molecule has 0 unspecified atom stereocenters. The highest BCUT2D eigenvalue weighted by atomic mass is 32.1. The maximum absolute atomic E-state index is 14.2. The summed E-state index contributed by atoms with van der Waals surface area (Å²) >= 11 is 1.21. The fourth-order valence-electron chi connectivity index (χ4n) is 5.66. The third-order valence-electron chi connectivity index (χ3n) is 8.02. The van der Waals surface area contributed by atoms with Gasteiger partial charge in [-0.3, -0.25) is 9.36 Å². The molecule has 0 bridgehead atoms. The highest BCUT2D eigenvalue weighted by molar-refractivity contribution is 7.07. The minimum atomic E-state index is -1.02. The SMILES string of the molecule is CCOC(=O)C1=C(c2ccccc2)N=c2s/c(=C\c3ccc(-c4cccc(C(=O)O)c4C)o3)c(=O)n2[C@H]1c1ccc(C(C)C)cc1. The molecule has 1 aliphatic rings. The molecule has 1 atom stereocenters. The smallest absolute Gasteiger partial charge is 0.338 e. The van der Waals surface area contributed by atoms with Crippen molar-refractivity contribution in [3.8, 4) is 11.3 Å². The number of hydrogen-bond acceptors (Lipinski definition) is 7. The van der Waals surface area contributed by atoms with Gasteiger partial charge in [-0.25, -0.2) is 14.6 Å². The van der Waals surface area contributed by atoms with Crippen LogP contribution in [0.25, 0.3) is 23.1 Å². The van der Waals surface area contributed by atoms with Crippen LogP contribution in [0.2, 0.25) is 0 Å². The molecule has 3 heterocycles. The molecule has 0 radical (unpaired) electrons. The lowest BCUT2D eigenvalue weighted by Crippen LogP contribution is -2.40. The fourth-order valence-corrected chi connectivity index (χ4v) is 6.64. The van der Waals surface area contributed by atoms with Crippen molar-refractivity contribution in [2.24, 2.45) is 4.99 Å². The molecule has 46 heavy (non-hydrogen) atoms. The normalized spacial score (nSPS) is 14.7. The lowest BCUT2D eigenvalue weighted by Gasteiger charge is -2.26. The summed E-state index contributed by atoms with van der Waals surface area (Å²) in [6.45, 7) is 7.88. The van der Waals surface area contributed by atoms with Gasteiger partial charge in [0.2, 0.25) is 0 Å². The number of furan rings is 1. The summed E-state index contributed by atoms with van der Waals surface area (Å²) in [4.78, 5) is 44.9. The average molecular weight is 633 g/mol. The molecule has 0 fully saturated rings. The first-order valence-corrected chi connectivity index (χ1v) is 15.8. The van der Waals surface area contributed by atoms with Gasteiger partial charge in [0.15, 0.2) is 4.80 Å². The maximum atomic E-state index is 14.2. The third-order valence-corrected chi connectivity index (χ3v) is 9.01. The van der Waals surface area contributed by atoms with Crippen LogP contribution in [0.4, 0.5) is 0 Å². The van der Waals surface area contributed by atoms with Crippen molar-refractivity contribution in [2.75, 3.05) is 6.61 Å². The Morgan fingerprint density at radius 1 is 1.02 bits per heavy atom. The van der Waals surface area contributed by atoms with Crippen molar-refractivity contribution in [1.29, 1.82) is 0 Å². The topological polar surface area (TPSA) is 111 Å². The van der Waals surface area contributed by atoms with Crippen molar-refractivity contribution in [3.63, 3.8) is 0 Å². The molecule has 8 nitrogen and oxygen atoms in total. The standard InChI is InChI=1S/C37H32N2O6S/c1-5-44-36(43)31-32(24-10-7-6-8-11-24)38-37-39(33(31)25-16-14-23(15-17-25)21(2)3)34(40)30(46-37)20-26-18-19-29(45-26)27-12-9-13-28(22(27)4)35(41)42/h6-21,33H,5H2,1-4H3,(H,41,42)/b30-20-/t33-/m0/s1. The zero-order valence-electron chi connectivity index (χ0n) is 25.8. The molecule has 0 saturated heterocycles. The molecule has 6 rings (SSSR count). The first-order valence-electron chi connectivity index (χ1n) is 15.0. The third kappa shape index (κ3) is 5.65. The van der Waals surface area contributed by atoms with Crippen LogP contribution in [0, 0.1) is 6.92 Å². The zero-order chi connectivity index (χ0) is 32.5. The van der Waals surface area contributed by atoms with E-state index in [2.05, 4.69) is 13.8 Å². The lowest BCUT2D eigenvalue weighted by molar-refractivity contribution is -0.138. The molecule has 3 aromatic carbocycles. The van der Waals surface area contributed by atoms with E-state index in [1.54, 1.807) is 54.8 Å². The maximum Gasteiger partial charge on any atom is 0.338 e. The van der Waals surface area contributed by atoms with Crippen molar-refractivity contribution in [2.45, 2.75) is 39.7 Å². The van der Waals surface area contributed by atoms with Gasteiger partial charge < -0.3 is 14.3 Å². The predicted octanol–water partition coefficient (Wildman–Crippen LogP) is 6.33. The number of nitrogens with zero attached hydrogens (tertiary/aromatic N) is 2. The predicted molar refractivity (Wildman–Crippen MR) is 177 cm³/mol. The largest absolute Gasteiger partial charge is 0.478 e. The number of fused-ring (bicyclic) bond motifs is 1. The average Bonchev–Trinajstić information content (AvgIpc) is 3.64. The second kappa shape index (κ2) is 12.6. The van der Waals surface area contributed by atoms with Crippen molar-refractivity contribution in [3.05, 3.63) is 144 Å². The number of carboxylic acids is 1. The van der Waals surface area contributed by atoms with Crippen LogP contribution in [0.5, 0.6) is 0 Å². The molecular formula is C37H32N2O6S. The number of rotatable bonds is 8. The summed E-state index contributed by atoms with van der Waals surface area (Å²) < 4.78 is 13.6. The van der Waals surface area contributed by atoms with E-state index in [1.807, 2.05) is 54.6 Å². The van der Waals surface area contributed by atoms with E-state index in [0.29, 0.717) is 49.2 Å². The molecule has 9 heteroatoms. The van der Waals surface area contributed by atoms with E-state index < -0.39 is 18.0 Å². The van der Waals surface area contributed by atoms with Crippen molar-refractivity contribution >= 4 is 35.0 Å². The molecule has 232 valence electrons. The van der Waals surface area contributed by atoms with Gasteiger partial charge in [-0.05, 0) is 54.7 Å². The molecule has 1 N–H and O–H groups in total. The summed E-state index contributed by atoms with van der Waals surface area (Å²) in [6.07, 6.45) is 1.65. The number of carboxylic acid groups (broad SMARTS) is 1. The molecule has 0 saturated carbocycles. The quantitative estimate of drug-likeness (QED) is 0.200. The Morgan fingerprint density at radius 2 is 1.76 bits per heavy atom. The number of esters is 1. The van der Waals surface area contributed by atoms with Gasteiger partial charge in [0.25, 0.3) is 5.56 Å². The van der Waals surface area contributed by atoms with Crippen LogP contribution >= 0.6 is 11.3 Å². The van der Waals surface area contributed by atoms with E-state index in [-0.39, 0.29) is 17.7 Å². The molecule has 0 amide bonds. The van der Waals surface area contributed by atoms with Crippen molar-refractivity contribution in [1.82, 2.24) is 4.57 Å². The van der Waals surface area contributed by atoms with E-state index in [4.69, 9.17) is 14.1 Å². The van der Waals surface area contributed by atoms with Crippen LogP contribution in [0.1, 0.15) is 71.1 Å². The lowest BCUT2D eigenvalue weighted by atomic mass is 9.91. The molecular weight excluding hydrogens is 600 g/mol. The van der Waals surface area contributed by atoms with Crippen LogP contribution in [0.3, 0.4) is 0 Å². The second-order valence-corrected chi connectivity index (χ2v) is 12.2. The number of ether oxygens (including phenoxy) is 1. The van der Waals surface area contributed by atoms with E-state index in [0.717, 1.165) is 16.7 Å².